The Bertz CT molecular complexity index is 869. The van der Waals surface area contributed by atoms with E-state index >= 15 is 0 Å². The topological polar surface area (TPSA) is 37.4 Å². The second-order valence-electron chi connectivity index (χ2n) is 7.19. The van der Waals surface area contributed by atoms with Crippen molar-refractivity contribution in [3.05, 3.63) is 63.9 Å². The molecular formula is C19H23ClFNO2S. The minimum atomic E-state index is -3.78. The predicted molar refractivity (Wildman–Crippen MR) is 99.9 cm³/mol. The van der Waals surface area contributed by atoms with Crippen LogP contribution in [0.15, 0.2) is 41.3 Å². The molecule has 0 saturated carbocycles. The van der Waals surface area contributed by atoms with Gasteiger partial charge in [-0.25, -0.2) is 12.8 Å². The average Bonchev–Trinajstić information content (AvgIpc) is 2.49. The maximum Gasteiger partial charge on any atom is 0.243 e. The van der Waals surface area contributed by atoms with Gasteiger partial charge in [0.1, 0.15) is 5.82 Å². The standard InChI is InChI=1S/C19H23ClFNO2S/c1-13-9-10-14(19(2,3)4)11-18(13)25(23,24)22(5)12-15-16(20)7-6-8-17(15)21/h6-11H,12H2,1-5H3. The summed E-state index contributed by atoms with van der Waals surface area (Å²) in [5.74, 6) is -0.519. The smallest absolute Gasteiger partial charge is 0.207 e. The van der Waals surface area contributed by atoms with Gasteiger partial charge in [0.2, 0.25) is 10.0 Å². The van der Waals surface area contributed by atoms with Gasteiger partial charge in [0.25, 0.3) is 0 Å². The lowest BCUT2D eigenvalue weighted by molar-refractivity contribution is 0.455. The molecule has 0 heterocycles. The van der Waals surface area contributed by atoms with Gasteiger partial charge in [-0.2, -0.15) is 4.31 Å². The highest BCUT2D eigenvalue weighted by molar-refractivity contribution is 7.89. The maximum atomic E-state index is 14.0. The molecule has 0 saturated heterocycles. The van der Waals surface area contributed by atoms with Gasteiger partial charge in [0.05, 0.1) is 4.90 Å². The first kappa shape index (κ1) is 19.9. The third-order valence-corrected chi connectivity index (χ3v) is 6.48. The molecule has 2 aromatic carbocycles. The molecule has 0 radical (unpaired) electrons. The van der Waals surface area contributed by atoms with Crippen molar-refractivity contribution in [3.63, 3.8) is 0 Å². The van der Waals surface area contributed by atoms with Crippen molar-refractivity contribution in [2.75, 3.05) is 7.05 Å². The van der Waals surface area contributed by atoms with E-state index in [2.05, 4.69) is 0 Å². The molecule has 0 amide bonds. The van der Waals surface area contributed by atoms with Crippen LogP contribution in [0.1, 0.15) is 37.5 Å². The highest BCUT2D eigenvalue weighted by Gasteiger charge is 2.26. The van der Waals surface area contributed by atoms with Crippen LogP contribution in [0.2, 0.25) is 5.02 Å². The third kappa shape index (κ3) is 4.22. The van der Waals surface area contributed by atoms with Crippen molar-refractivity contribution in [2.24, 2.45) is 0 Å². The highest BCUT2D eigenvalue weighted by atomic mass is 35.5. The zero-order valence-corrected chi connectivity index (χ0v) is 16.7. The van der Waals surface area contributed by atoms with Gasteiger partial charge in [-0.05, 0) is 41.7 Å². The molecule has 0 aliphatic carbocycles. The number of halogens is 2. The zero-order valence-electron chi connectivity index (χ0n) is 15.1. The maximum absolute atomic E-state index is 14.0. The fraction of sp³-hybridized carbons (Fsp3) is 0.368. The molecule has 2 rings (SSSR count). The van der Waals surface area contributed by atoms with E-state index in [1.807, 2.05) is 26.8 Å². The summed E-state index contributed by atoms with van der Waals surface area (Å²) in [6.07, 6.45) is 0. The van der Waals surface area contributed by atoms with Gasteiger partial charge >= 0.3 is 0 Å². The highest BCUT2D eigenvalue weighted by Crippen LogP contribution is 2.29. The lowest BCUT2D eigenvalue weighted by Crippen LogP contribution is -2.28. The summed E-state index contributed by atoms with van der Waals surface area (Å²) < 4.78 is 41.2. The van der Waals surface area contributed by atoms with Crippen LogP contribution < -0.4 is 0 Å². The Kier molecular flexibility index (Phi) is 5.62. The Morgan fingerprint density at radius 3 is 2.36 bits per heavy atom. The molecule has 6 heteroatoms. The number of sulfonamides is 1. The Labute approximate surface area is 154 Å². The normalized spacial score (nSPS) is 12.6. The molecule has 0 spiro atoms. The second kappa shape index (κ2) is 7.06. The predicted octanol–water partition coefficient (Wildman–Crippen LogP) is 4.91. The molecule has 0 aliphatic heterocycles. The van der Waals surface area contributed by atoms with E-state index in [4.69, 9.17) is 11.6 Å². The summed E-state index contributed by atoms with van der Waals surface area (Å²) in [5, 5.41) is 0.210. The minimum absolute atomic E-state index is 0.132. The van der Waals surface area contributed by atoms with Gasteiger partial charge in [-0.1, -0.05) is 50.6 Å². The Hall–Kier alpha value is -1.43. The largest absolute Gasteiger partial charge is 0.243 e. The lowest BCUT2D eigenvalue weighted by Gasteiger charge is -2.23. The average molecular weight is 384 g/mol. The zero-order chi connectivity index (χ0) is 19.0. The molecule has 25 heavy (non-hydrogen) atoms. The number of hydrogen-bond acceptors (Lipinski definition) is 2. The van der Waals surface area contributed by atoms with E-state index in [1.165, 1.54) is 19.2 Å². The number of aryl methyl sites for hydroxylation is 1. The quantitative estimate of drug-likeness (QED) is 0.752. The van der Waals surface area contributed by atoms with Crippen LogP contribution in [0.5, 0.6) is 0 Å². The molecule has 0 bridgehead atoms. The lowest BCUT2D eigenvalue weighted by atomic mass is 9.87. The Balaban J connectivity index is 2.45. The summed E-state index contributed by atoms with van der Waals surface area (Å²) in [5.41, 5.74) is 1.57. The Morgan fingerprint density at radius 2 is 1.80 bits per heavy atom. The fourth-order valence-corrected chi connectivity index (χ4v) is 4.11. The first-order valence-electron chi connectivity index (χ1n) is 7.95. The van der Waals surface area contributed by atoms with E-state index in [0.717, 1.165) is 9.87 Å². The molecule has 3 nitrogen and oxygen atoms in total. The number of nitrogens with zero attached hydrogens (tertiary/aromatic N) is 1. The van der Waals surface area contributed by atoms with Gasteiger partial charge in [-0.15, -0.1) is 0 Å². The SMILES string of the molecule is Cc1ccc(C(C)(C)C)cc1S(=O)(=O)N(C)Cc1c(F)cccc1Cl. The van der Waals surface area contributed by atoms with Crippen LogP contribution in [0.3, 0.4) is 0 Å². The molecule has 2 aromatic rings. The van der Waals surface area contributed by atoms with Crippen molar-refractivity contribution < 1.29 is 12.8 Å². The second-order valence-corrected chi connectivity index (χ2v) is 9.61. The molecule has 0 fully saturated rings. The molecule has 0 unspecified atom stereocenters. The van der Waals surface area contributed by atoms with Crippen LogP contribution >= 0.6 is 11.6 Å². The van der Waals surface area contributed by atoms with Crippen LogP contribution in [0.4, 0.5) is 4.39 Å². The van der Waals surface area contributed by atoms with Gasteiger partial charge < -0.3 is 0 Å². The van der Waals surface area contributed by atoms with E-state index in [0.29, 0.717) is 5.56 Å². The minimum Gasteiger partial charge on any atom is -0.207 e. The molecule has 136 valence electrons. The van der Waals surface area contributed by atoms with Gasteiger partial charge in [0.15, 0.2) is 0 Å². The molecule has 0 atom stereocenters. The van der Waals surface area contributed by atoms with E-state index in [-0.39, 0.29) is 27.4 Å². The molecule has 0 aromatic heterocycles. The summed E-state index contributed by atoms with van der Waals surface area (Å²) in [6.45, 7) is 7.70. The van der Waals surface area contributed by atoms with Crippen molar-refractivity contribution in [3.8, 4) is 0 Å². The molecule has 0 aliphatic rings. The molecule has 0 N–H and O–H groups in total. The van der Waals surface area contributed by atoms with Crippen molar-refractivity contribution in [2.45, 2.75) is 44.6 Å². The van der Waals surface area contributed by atoms with Crippen LogP contribution in [0, 0.1) is 12.7 Å². The first-order chi connectivity index (χ1) is 11.4. The summed E-state index contributed by atoms with van der Waals surface area (Å²) in [4.78, 5) is 0.231. The monoisotopic (exact) mass is 383 g/mol. The van der Waals surface area contributed by atoms with Crippen LogP contribution in [0.25, 0.3) is 0 Å². The van der Waals surface area contributed by atoms with E-state index in [1.54, 1.807) is 25.1 Å². The first-order valence-corrected chi connectivity index (χ1v) is 9.77. The van der Waals surface area contributed by atoms with Gasteiger partial charge in [-0.3, -0.25) is 0 Å². The summed E-state index contributed by atoms with van der Waals surface area (Å²) >= 11 is 6.02. The summed E-state index contributed by atoms with van der Waals surface area (Å²) in [7, 11) is -2.34. The summed E-state index contributed by atoms with van der Waals surface area (Å²) in [6, 6.07) is 9.75. The van der Waals surface area contributed by atoms with Gasteiger partial charge in [0, 0.05) is 24.2 Å². The van der Waals surface area contributed by atoms with Crippen LogP contribution in [-0.2, 0) is 22.0 Å². The number of hydrogen-bond donors (Lipinski definition) is 0. The number of rotatable bonds is 4. The third-order valence-electron chi connectivity index (χ3n) is 4.18. The van der Waals surface area contributed by atoms with Crippen LogP contribution in [-0.4, -0.2) is 19.8 Å². The number of benzene rings is 2. The Morgan fingerprint density at radius 1 is 1.16 bits per heavy atom. The molecular weight excluding hydrogens is 361 g/mol. The van der Waals surface area contributed by atoms with E-state index in [9.17, 15) is 12.8 Å². The van der Waals surface area contributed by atoms with Crippen molar-refractivity contribution >= 4 is 21.6 Å². The fourth-order valence-electron chi connectivity index (χ4n) is 2.50. The van der Waals surface area contributed by atoms with Crippen molar-refractivity contribution in [1.82, 2.24) is 4.31 Å². The van der Waals surface area contributed by atoms with E-state index < -0.39 is 15.8 Å². The van der Waals surface area contributed by atoms with Crippen molar-refractivity contribution in [1.29, 1.82) is 0 Å².